The first-order valence-corrected chi connectivity index (χ1v) is 8.23. The maximum absolute atomic E-state index is 12.1. The number of aromatic nitrogens is 3. The average molecular weight is 345 g/mol. The molecule has 10 heteroatoms. The molecule has 21 heavy (non-hydrogen) atoms. The van der Waals surface area contributed by atoms with E-state index < -0.39 is 10.0 Å². The van der Waals surface area contributed by atoms with Crippen LogP contribution in [0.25, 0.3) is 0 Å². The third-order valence-electron chi connectivity index (χ3n) is 2.21. The fourth-order valence-electron chi connectivity index (χ4n) is 1.36. The number of aliphatic hydroxyl groups is 1. The van der Waals surface area contributed by atoms with Gasteiger partial charge in [-0.2, -0.15) is 0 Å². The summed E-state index contributed by atoms with van der Waals surface area (Å²) in [4.78, 5) is -0.0907. The molecule has 1 aromatic carbocycles. The van der Waals surface area contributed by atoms with Crippen molar-refractivity contribution in [3.05, 3.63) is 28.8 Å². The van der Waals surface area contributed by atoms with Crippen LogP contribution in [0, 0.1) is 11.8 Å². The van der Waals surface area contributed by atoms with Crippen LogP contribution in [0.4, 0.5) is 5.13 Å². The Morgan fingerprint density at radius 1 is 1.43 bits per heavy atom. The summed E-state index contributed by atoms with van der Waals surface area (Å²) in [7, 11) is -3.86. The SMILES string of the molecule is O=S(=O)(Nc1nnns1)c1ccc(C#CCCO)cc1Cl. The first-order chi connectivity index (χ1) is 10.0. The highest BCUT2D eigenvalue weighted by Gasteiger charge is 2.19. The fraction of sp³-hybridized carbons (Fsp3) is 0.182. The first-order valence-electron chi connectivity index (χ1n) is 5.60. The number of aliphatic hydroxyl groups excluding tert-OH is 1. The Balaban J connectivity index is 2.26. The summed E-state index contributed by atoms with van der Waals surface area (Å²) in [6, 6.07) is 4.32. The lowest BCUT2D eigenvalue weighted by Gasteiger charge is -2.06. The van der Waals surface area contributed by atoms with E-state index in [9.17, 15) is 8.42 Å². The number of nitrogens with one attached hydrogen (secondary N) is 1. The minimum absolute atomic E-state index is 0.0347. The van der Waals surface area contributed by atoms with E-state index in [1.54, 1.807) is 0 Å². The van der Waals surface area contributed by atoms with Gasteiger partial charge in [-0.15, -0.1) is 0 Å². The van der Waals surface area contributed by atoms with E-state index in [-0.39, 0.29) is 21.7 Å². The summed E-state index contributed by atoms with van der Waals surface area (Å²) in [5.41, 5.74) is 0.560. The van der Waals surface area contributed by atoms with Gasteiger partial charge in [0.25, 0.3) is 10.0 Å². The Labute approximate surface area is 130 Å². The van der Waals surface area contributed by atoms with Crippen LogP contribution in [0.15, 0.2) is 23.1 Å². The molecule has 0 fully saturated rings. The Hall–Kier alpha value is -1.73. The molecule has 0 bridgehead atoms. The van der Waals surface area contributed by atoms with Crippen LogP contribution in [0.3, 0.4) is 0 Å². The zero-order valence-corrected chi connectivity index (χ0v) is 12.8. The van der Waals surface area contributed by atoms with Crippen molar-refractivity contribution in [1.29, 1.82) is 0 Å². The van der Waals surface area contributed by atoms with Crippen molar-refractivity contribution in [2.24, 2.45) is 0 Å². The monoisotopic (exact) mass is 344 g/mol. The van der Waals surface area contributed by atoms with Crippen LogP contribution in [0.2, 0.25) is 5.02 Å². The van der Waals surface area contributed by atoms with Crippen LogP contribution in [-0.4, -0.2) is 34.9 Å². The first kappa shape index (κ1) is 15.7. The smallest absolute Gasteiger partial charge is 0.265 e. The lowest BCUT2D eigenvalue weighted by atomic mass is 10.2. The summed E-state index contributed by atoms with van der Waals surface area (Å²) in [5, 5.41) is 15.5. The summed E-state index contributed by atoms with van der Waals surface area (Å²) < 4.78 is 30.0. The van der Waals surface area contributed by atoms with Crippen LogP contribution < -0.4 is 4.72 Å². The maximum Gasteiger partial charge on any atom is 0.265 e. The fourth-order valence-corrected chi connectivity index (χ4v) is 3.49. The van der Waals surface area contributed by atoms with E-state index in [1.165, 1.54) is 18.2 Å². The van der Waals surface area contributed by atoms with Gasteiger partial charge in [-0.25, -0.2) is 8.42 Å². The average Bonchev–Trinajstić information content (AvgIpc) is 2.91. The molecule has 0 aliphatic carbocycles. The molecule has 2 N–H and O–H groups in total. The Morgan fingerprint density at radius 2 is 2.24 bits per heavy atom. The van der Waals surface area contributed by atoms with Gasteiger partial charge in [0, 0.05) is 23.5 Å². The highest BCUT2D eigenvalue weighted by molar-refractivity contribution is 7.93. The number of benzene rings is 1. The van der Waals surface area contributed by atoms with Crippen LogP contribution in [-0.2, 0) is 10.0 Å². The molecule has 110 valence electrons. The third-order valence-corrected chi connectivity index (χ3v) is 4.67. The molecular weight excluding hydrogens is 336 g/mol. The maximum atomic E-state index is 12.1. The molecule has 0 radical (unpaired) electrons. The number of rotatable bonds is 4. The molecular formula is C11H9ClN4O3S2. The van der Waals surface area contributed by atoms with Gasteiger partial charge in [0.15, 0.2) is 0 Å². The minimum Gasteiger partial charge on any atom is -0.395 e. The standard InChI is InChI=1S/C11H9ClN4O3S2/c12-9-7-8(3-1-2-6-17)4-5-10(9)21(18,19)14-11-13-15-16-20-11/h4-5,7,17H,2,6H2,(H,13,14,16). The molecule has 0 aliphatic rings. The van der Waals surface area contributed by atoms with Gasteiger partial charge >= 0.3 is 0 Å². The number of sulfonamides is 1. The topological polar surface area (TPSA) is 105 Å². The van der Waals surface area contributed by atoms with Gasteiger partial charge in [-0.3, -0.25) is 4.72 Å². The number of nitrogens with zero attached hydrogens (tertiary/aromatic N) is 3. The molecule has 0 amide bonds. The van der Waals surface area contributed by atoms with Crippen molar-refractivity contribution in [2.45, 2.75) is 11.3 Å². The Kier molecular flexibility index (Phi) is 5.08. The number of hydrogen-bond acceptors (Lipinski definition) is 7. The summed E-state index contributed by atoms with van der Waals surface area (Å²) in [6.07, 6.45) is 0.337. The zero-order chi connectivity index (χ0) is 15.3. The largest absolute Gasteiger partial charge is 0.395 e. The molecule has 0 saturated heterocycles. The lowest BCUT2D eigenvalue weighted by Crippen LogP contribution is -2.13. The molecule has 1 aromatic heterocycles. The predicted molar refractivity (Wildman–Crippen MR) is 78.5 cm³/mol. The van der Waals surface area contributed by atoms with Crippen molar-refractivity contribution in [3.63, 3.8) is 0 Å². The second kappa shape index (κ2) is 6.82. The van der Waals surface area contributed by atoms with Gasteiger partial charge in [0.2, 0.25) is 5.13 Å². The van der Waals surface area contributed by atoms with Gasteiger partial charge in [-0.05, 0) is 23.4 Å². The minimum atomic E-state index is -3.86. The zero-order valence-electron chi connectivity index (χ0n) is 10.4. The van der Waals surface area contributed by atoms with E-state index in [4.69, 9.17) is 16.7 Å². The molecule has 0 unspecified atom stereocenters. The van der Waals surface area contributed by atoms with Crippen molar-refractivity contribution in [3.8, 4) is 11.8 Å². The van der Waals surface area contributed by atoms with E-state index in [0.717, 1.165) is 11.5 Å². The number of hydrogen-bond donors (Lipinski definition) is 2. The van der Waals surface area contributed by atoms with E-state index in [2.05, 4.69) is 31.4 Å². The number of halogens is 1. The van der Waals surface area contributed by atoms with Crippen LogP contribution in [0.1, 0.15) is 12.0 Å². The van der Waals surface area contributed by atoms with E-state index >= 15 is 0 Å². The van der Waals surface area contributed by atoms with Crippen LogP contribution in [0.5, 0.6) is 0 Å². The molecule has 0 aliphatic heterocycles. The molecule has 0 spiro atoms. The van der Waals surface area contributed by atoms with Crippen molar-refractivity contribution < 1.29 is 13.5 Å². The molecule has 2 rings (SSSR count). The van der Waals surface area contributed by atoms with Gasteiger partial charge < -0.3 is 5.11 Å². The van der Waals surface area contributed by atoms with E-state index in [1.807, 2.05) is 0 Å². The highest BCUT2D eigenvalue weighted by atomic mass is 35.5. The Bertz CT molecular complexity index is 782. The lowest BCUT2D eigenvalue weighted by molar-refractivity contribution is 0.305. The van der Waals surface area contributed by atoms with Gasteiger partial charge in [0.05, 0.1) is 11.6 Å². The van der Waals surface area contributed by atoms with E-state index in [0.29, 0.717) is 12.0 Å². The molecule has 0 saturated carbocycles. The summed E-state index contributed by atoms with van der Waals surface area (Å²) in [5.74, 6) is 5.50. The van der Waals surface area contributed by atoms with Crippen LogP contribution >= 0.6 is 23.1 Å². The summed E-state index contributed by atoms with van der Waals surface area (Å²) in [6.45, 7) is -0.0347. The second-order valence-electron chi connectivity index (χ2n) is 3.69. The second-order valence-corrected chi connectivity index (χ2v) is 6.48. The Morgan fingerprint density at radius 3 is 2.86 bits per heavy atom. The summed E-state index contributed by atoms with van der Waals surface area (Å²) >= 11 is 6.80. The molecule has 0 atom stereocenters. The van der Waals surface area contributed by atoms with Crippen molar-refractivity contribution in [1.82, 2.24) is 14.8 Å². The predicted octanol–water partition coefficient (Wildman–Crippen LogP) is 1.12. The normalized spacial score (nSPS) is 10.8. The molecule has 1 heterocycles. The van der Waals surface area contributed by atoms with Gasteiger partial charge in [-0.1, -0.05) is 33.0 Å². The molecule has 7 nitrogen and oxygen atoms in total. The third kappa shape index (κ3) is 4.12. The quantitative estimate of drug-likeness (QED) is 0.805. The van der Waals surface area contributed by atoms with Crippen molar-refractivity contribution >= 4 is 38.3 Å². The van der Waals surface area contributed by atoms with Crippen molar-refractivity contribution in [2.75, 3.05) is 11.3 Å². The van der Waals surface area contributed by atoms with Gasteiger partial charge in [0.1, 0.15) is 4.90 Å². The number of anilines is 1. The highest BCUT2D eigenvalue weighted by Crippen LogP contribution is 2.24. The molecule has 2 aromatic rings.